The first-order valence-electron chi connectivity index (χ1n) is 7.97. The second-order valence-corrected chi connectivity index (χ2v) is 5.72. The van der Waals surface area contributed by atoms with E-state index in [1.807, 2.05) is 26.0 Å². The highest BCUT2D eigenvalue weighted by Gasteiger charge is 2.08. The van der Waals surface area contributed by atoms with Crippen LogP contribution in [0, 0.1) is 19.7 Å². The van der Waals surface area contributed by atoms with Crippen molar-refractivity contribution in [1.82, 2.24) is 10.9 Å². The Morgan fingerprint density at radius 1 is 1.00 bits per heavy atom. The Hall–Kier alpha value is -2.89. The van der Waals surface area contributed by atoms with E-state index in [4.69, 9.17) is 4.74 Å². The van der Waals surface area contributed by atoms with Gasteiger partial charge in [0.25, 0.3) is 5.91 Å². The van der Waals surface area contributed by atoms with E-state index >= 15 is 0 Å². The third kappa shape index (κ3) is 5.91. The molecule has 2 aromatic carbocycles. The smallest absolute Gasteiger partial charge is 0.276 e. The zero-order valence-corrected chi connectivity index (χ0v) is 14.3. The van der Waals surface area contributed by atoms with Gasteiger partial charge < -0.3 is 4.74 Å². The summed E-state index contributed by atoms with van der Waals surface area (Å²) in [6, 6.07) is 11.8. The van der Waals surface area contributed by atoms with Crippen LogP contribution in [0.5, 0.6) is 5.75 Å². The third-order valence-electron chi connectivity index (χ3n) is 3.77. The Labute approximate surface area is 146 Å². The van der Waals surface area contributed by atoms with Crippen LogP contribution in [-0.4, -0.2) is 18.4 Å². The molecule has 0 fully saturated rings. The van der Waals surface area contributed by atoms with Gasteiger partial charge in [0.1, 0.15) is 11.6 Å². The van der Waals surface area contributed by atoms with Crippen molar-refractivity contribution in [3.05, 3.63) is 65.0 Å². The van der Waals surface area contributed by atoms with Crippen LogP contribution in [0.25, 0.3) is 0 Å². The molecule has 0 heterocycles. The number of hydrogen-bond acceptors (Lipinski definition) is 3. The Balaban J connectivity index is 1.69. The van der Waals surface area contributed by atoms with Crippen LogP contribution in [0.2, 0.25) is 0 Å². The van der Waals surface area contributed by atoms with Crippen molar-refractivity contribution in [2.45, 2.75) is 26.7 Å². The SMILES string of the molecule is Cc1ccc(OCC(=O)NNC(=O)CCc2ccccc2F)cc1C. The molecule has 0 radical (unpaired) electrons. The summed E-state index contributed by atoms with van der Waals surface area (Å²) in [7, 11) is 0. The summed E-state index contributed by atoms with van der Waals surface area (Å²) in [5.74, 6) is -0.634. The van der Waals surface area contributed by atoms with E-state index in [0.717, 1.165) is 11.1 Å². The summed E-state index contributed by atoms with van der Waals surface area (Å²) >= 11 is 0. The average Bonchev–Trinajstić information content (AvgIpc) is 2.60. The van der Waals surface area contributed by atoms with Crippen molar-refractivity contribution >= 4 is 11.8 Å². The van der Waals surface area contributed by atoms with E-state index in [1.54, 1.807) is 24.3 Å². The number of nitrogens with one attached hydrogen (secondary N) is 2. The second-order valence-electron chi connectivity index (χ2n) is 5.72. The molecule has 5 nitrogen and oxygen atoms in total. The topological polar surface area (TPSA) is 67.4 Å². The van der Waals surface area contributed by atoms with E-state index in [2.05, 4.69) is 10.9 Å². The van der Waals surface area contributed by atoms with E-state index in [9.17, 15) is 14.0 Å². The Kier molecular flexibility index (Phi) is 6.51. The monoisotopic (exact) mass is 344 g/mol. The molecule has 6 heteroatoms. The van der Waals surface area contributed by atoms with Gasteiger partial charge in [-0.05, 0) is 55.2 Å². The fraction of sp³-hybridized carbons (Fsp3) is 0.263. The minimum Gasteiger partial charge on any atom is -0.484 e. The van der Waals surface area contributed by atoms with E-state index in [0.29, 0.717) is 11.3 Å². The van der Waals surface area contributed by atoms with Gasteiger partial charge in [-0.2, -0.15) is 0 Å². The normalized spacial score (nSPS) is 10.2. The van der Waals surface area contributed by atoms with Crippen LogP contribution in [0.3, 0.4) is 0 Å². The average molecular weight is 344 g/mol. The number of benzene rings is 2. The van der Waals surface area contributed by atoms with Crippen molar-refractivity contribution in [2.24, 2.45) is 0 Å². The number of ether oxygens (including phenoxy) is 1. The van der Waals surface area contributed by atoms with Gasteiger partial charge in [0.2, 0.25) is 5.91 Å². The summed E-state index contributed by atoms with van der Waals surface area (Å²) in [6.45, 7) is 3.73. The summed E-state index contributed by atoms with van der Waals surface area (Å²) < 4.78 is 18.8. The van der Waals surface area contributed by atoms with Gasteiger partial charge in [-0.15, -0.1) is 0 Å². The van der Waals surface area contributed by atoms with Gasteiger partial charge in [0.15, 0.2) is 6.61 Å². The second kappa shape index (κ2) is 8.82. The molecule has 2 aromatic rings. The third-order valence-corrected chi connectivity index (χ3v) is 3.77. The molecule has 0 unspecified atom stereocenters. The maximum absolute atomic E-state index is 13.5. The van der Waals surface area contributed by atoms with Crippen LogP contribution < -0.4 is 15.6 Å². The Morgan fingerprint density at radius 2 is 1.72 bits per heavy atom. The number of halogens is 1. The maximum atomic E-state index is 13.5. The van der Waals surface area contributed by atoms with Gasteiger partial charge in [0.05, 0.1) is 0 Å². The molecule has 0 aliphatic carbocycles. The minimum absolute atomic E-state index is 0.0687. The quantitative estimate of drug-likeness (QED) is 0.792. The van der Waals surface area contributed by atoms with Crippen LogP contribution in [0.1, 0.15) is 23.1 Å². The van der Waals surface area contributed by atoms with E-state index in [-0.39, 0.29) is 25.3 Å². The lowest BCUT2D eigenvalue weighted by atomic mass is 10.1. The zero-order valence-electron chi connectivity index (χ0n) is 14.3. The highest BCUT2D eigenvalue weighted by Crippen LogP contribution is 2.16. The van der Waals surface area contributed by atoms with Gasteiger partial charge >= 0.3 is 0 Å². The van der Waals surface area contributed by atoms with Crippen molar-refractivity contribution in [1.29, 1.82) is 0 Å². The number of carbonyl (C=O) groups is 2. The first kappa shape index (κ1) is 18.4. The van der Waals surface area contributed by atoms with Crippen LogP contribution in [-0.2, 0) is 16.0 Å². The summed E-state index contributed by atoms with van der Waals surface area (Å²) in [5, 5.41) is 0. The molecule has 0 saturated heterocycles. The van der Waals surface area contributed by atoms with Crippen molar-refractivity contribution in [2.75, 3.05) is 6.61 Å². The van der Waals surface area contributed by atoms with E-state index in [1.165, 1.54) is 6.07 Å². The first-order chi connectivity index (χ1) is 12.0. The largest absolute Gasteiger partial charge is 0.484 e. The molecule has 2 rings (SSSR count). The van der Waals surface area contributed by atoms with Gasteiger partial charge in [-0.1, -0.05) is 24.3 Å². The molecule has 0 spiro atoms. The Morgan fingerprint density at radius 3 is 2.44 bits per heavy atom. The fourth-order valence-electron chi connectivity index (χ4n) is 2.14. The number of carbonyl (C=O) groups excluding carboxylic acids is 2. The number of hydrogen-bond donors (Lipinski definition) is 2. The highest BCUT2D eigenvalue weighted by molar-refractivity contribution is 5.82. The van der Waals surface area contributed by atoms with Gasteiger partial charge in [-0.25, -0.2) is 4.39 Å². The molecule has 132 valence electrons. The lowest BCUT2D eigenvalue weighted by Gasteiger charge is -2.10. The number of aryl methyl sites for hydroxylation is 3. The molecular formula is C19H21FN2O3. The summed E-state index contributed by atoms with van der Waals surface area (Å²) in [6.07, 6.45) is 0.326. The fourth-order valence-corrected chi connectivity index (χ4v) is 2.14. The lowest BCUT2D eigenvalue weighted by molar-refractivity contribution is -0.130. The molecule has 0 aliphatic rings. The standard InChI is InChI=1S/C19H21FN2O3/c1-13-7-9-16(11-14(13)2)25-12-19(24)22-21-18(23)10-8-15-5-3-4-6-17(15)20/h3-7,9,11H,8,10,12H2,1-2H3,(H,21,23)(H,22,24). The van der Waals surface area contributed by atoms with Crippen LogP contribution >= 0.6 is 0 Å². The lowest BCUT2D eigenvalue weighted by Crippen LogP contribution is -2.43. The molecular weight excluding hydrogens is 323 g/mol. The van der Waals surface area contributed by atoms with Gasteiger partial charge in [-0.3, -0.25) is 20.4 Å². The van der Waals surface area contributed by atoms with Crippen molar-refractivity contribution in [3.8, 4) is 5.75 Å². The van der Waals surface area contributed by atoms with Crippen LogP contribution in [0.4, 0.5) is 4.39 Å². The molecule has 0 saturated carbocycles. The van der Waals surface area contributed by atoms with Crippen molar-refractivity contribution < 1.29 is 18.7 Å². The van der Waals surface area contributed by atoms with Gasteiger partial charge in [0, 0.05) is 6.42 Å². The molecule has 0 bridgehead atoms. The minimum atomic E-state index is -0.475. The van der Waals surface area contributed by atoms with Crippen molar-refractivity contribution in [3.63, 3.8) is 0 Å². The van der Waals surface area contributed by atoms with E-state index < -0.39 is 11.8 Å². The summed E-state index contributed by atoms with van der Waals surface area (Å²) in [5.41, 5.74) is 7.23. The molecule has 0 aromatic heterocycles. The number of amides is 2. The predicted molar refractivity (Wildman–Crippen MR) is 92.4 cm³/mol. The van der Waals surface area contributed by atoms with Crippen LogP contribution in [0.15, 0.2) is 42.5 Å². The zero-order chi connectivity index (χ0) is 18.2. The molecule has 25 heavy (non-hydrogen) atoms. The Bertz CT molecular complexity index is 762. The number of hydrazine groups is 1. The molecule has 2 N–H and O–H groups in total. The first-order valence-corrected chi connectivity index (χ1v) is 7.97. The molecule has 0 atom stereocenters. The number of rotatable bonds is 6. The maximum Gasteiger partial charge on any atom is 0.276 e. The molecule has 0 aliphatic heterocycles. The predicted octanol–water partition coefficient (Wildman–Crippen LogP) is 2.60. The molecule has 2 amide bonds. The summed E-state index contributed by atoms with van der Waals surface area (Å²) in [4.78, 5) is 23.4. The highest BCUT2D eigenvalue weighted by atomic mass is 19.1.